The normalized spacial score (nSPS) is 12.4. The number of hydrogen-bond donors (Lipinski definition) is 1. The van der Waals surface area contributed by atoms with Crippen molar-refractivity contribution in [1.29, 1.82) is 0 Å². The summed E-state index contributed by atoms with van der Waals surface area (Å²) in [6.07, 6.45) is 1.55. The quantitative estimate of drug-likeness (QED) is 0.879. The molecular weight excluding hydrogens is 234 g/mol. The first-order valence-electron chi connectivity index (χ1n) is 5.41. The van der Waals surface area contributed by atoms with Crippen molar-refractivity contribution in [1.82, 2.24) is 9.97 Å². The molecule has 2 aromatic rings. The standard InChI is InChI=1S/C12H11N3O3/c13-12-14-4-3-11(15-12)16-6-8-1-2-9-10(5-8)18-7-17-9/h1-5H,6-7H2,(H2,13,14,15). The predicted octanol–water partition coefficient (Wildman–Crippen LogP) is 1.37. The lowest BCUT2D eigenvalue weighted by Gasteiger charge is -2.06. The van der Waals surface area contributed by atoms with E-state index < -0.39 is 0 Å². The Kier molecular flexibility index (Phi) is 2.60. The molecule has 1 aliphatic heterocycles. The van der Waals surface area contributed by atoms with Crippen LogP contribution in [-0.4, -0.2) is 16.8 Å². The molecule has 3 rings (SSSR count). The van der Waals surface area contributed by atoms with E-state index in [-0.39, 0.29) is 12.7 Å². The molecule has 0 bridgehead atoms. The van der Waals surface area contributed by atoms with E-state index in [4.69, 9.17) is 19.9 Å². The summed E-state index contributed by atoms with van der Waals surface area (Å²) in [4.78, 5) is 7.74. The lowest BCUT2D eigenvalue weighted by atomic mass is 10.2. The topological polar surface area (TPSA) is 79.5 Å². The van der Waals surface area contributed by atoms with Gasteiger partial charge in [0.25, 0.3) is 0 Å². The summed E-state index contributed by atoms with van der Waals surface area (Å²) < 4.78 is 16.0. The fourth-order valence-corrected chi connectivity index (χ4v) is 1.62. The summed E-state index contributed by atoms with van der Waals surface area (Å²) in [5.74, 6) is 2.13. The Morgan fingerprint density at radius 1 is 1.22 bits per heavy atom. The van der Waals surface area contributed by atoms with Crippen LogP contribution in [0, 0.1) is 0 Å². The predicted molar refractivity (Wildman–Crippen MR) is 63.3 cm³/mol. The molecule has 0 unspecified atom stereocenters. The summed E-state index contributed by atoms with van der Waals surface area (Å²) in [7, 11) is 0. The third-order valence-corrected chi connectivity index (χ3v) is 2.47. The van der Waals surface area contributed by atoms with Crippen LogP contribution in [0.25, 0.3) is 0 Å². The van der Waals surface area contributed by atoms with Gasteiger partial charge in [0.2, 0.25) is 18.6 Å². The molecule has 2 N–H and O–H groups in total. The Morgan fingerprint density at radius 2 is 2.11 bits per heavy atom. The maximum atomic E-state index is 5.51. The summed E-state index contributed by atoms with van der Waals surface area (Å²) in [5, 5.41) is 0. The summed E-state index contributed by atoms with van der Waals surface area (Å²) in [6.45, 7) is 0.648. The molecule has 0 atom stereocenters. The van der Waals surface area contributed by atoms with Crippen molar-refractivity contribution < 1.29 is 14.2 Å². The molecular formula is C12H11N3O3. The lowest BCUT2D eigenvalue weighted by molar-refractivity contribution is 0.174. The molecule has 18 heavy (non-hydrogen) atoms. The number of ether oxygens (including phenoxy) is 3. The van der Waals surface area contributed by atoms with Gasteiger partial charge in [0.05, 0.1) is 0 Å². The third kappa shape index (κ3) is 2.13. The van der Waals surface area contributed by atoms with Gasteiger partial charge >= 0.3 is 0 Å². The molecule has 1 aromatic carbocycles. The number of rotatable bonds is 3. The summed E-state index contributed by atoms with van der Waals surface area (Å²) >= 11 is 0. The zero-order valence-corrected chi connectivity index (χ0v) is 9.50. The van der Waals surface area contributed by atoms with Crippen LogP contribution >= 0.6 is 0 Å². The van der Waals surface area contributed by atoms with E-state index >= 15 is 0 Å². The van der Waals surface area contributed by atoms with Crippen molar-refractivity contribution in [2.45, 2.75) is 6.61 Å². The van der Waals surface area contributed by atoms with E-state index in [1.54, 1.807) is 12.3 Å². The monoisotopic (exact) mass is 245 g/mol. The maximum Gasteiger partial charge on any atom is 0.231 e. The number of fused-ring (bicyclic) bond motifs is 1. The Balaban J connectivity index is 1.70. The number of hydrogen-bond acceptors (Lipinski definition) is 6. The van der Waals surface area contributed by atoms with Crippen molar-refractivity contribution in [2.75, 3.05) is 12.5 Å². The number of nitrogen functional groups attached to an aromatic ring is 1. The van der Waals surface area contributed by atoms with Crippen LogP contribution in [0.2, 0.25) is 0 Å². The second-order valence-electron chi connectivity index (χ2n) is 3.73. The van der Waals surface area contributed by atoms with Crippen molar-refractivity contribution in [3.63, 3.8) is 0 Å². The molecule has 0 amide bonds. The largest absolute Gasteiger partial charge is 0.473 e. The highest BCUT2D eigenvalue weighted by atomic mass is 16.7. The molecule has 1 aromatic heterocycles. The Labute approximate surface area is 103 Å². The van der Waals surface area contributed by atoms with E-state index in [0.717, 1.165) is 17.1 Å². The molecule has 0 aliphatic carbocycles. The molecule has 2 heterocycles. The Morgan fingerprint density at radius 3 is 3.00 bits per heavy atom. The molecule has 0 saturated heterocycles. The van der Waals surface area contributed by atoms with E-state index in [1.165, 1.54) is 0 Å². The van der Waals surface area contributed by atoms with Crippen LogP contribution in [0.1, 0.15) is 5.56 Å². The fourth-order valence-electron chi connectivity index (χ4n) is 1.62. The molecule has 0 radical (unpaired) electrons. The third-order valence-electron chi connectivity index (χ3n) is 2.47. The second kappa shape index (κ2) is 4.40. The summed E-state index contributed by atoms with van der Waals surface area (Å²) in [6, 6.07) is 7.31. The van der Waals surface area contributed by atoms with Crippen molar-refractivity contribution in [3.05, 3.63) is 36.0 Å². The maximum absolute atomic E-state index is 5.51. The van der Waals surface area contributed by atoms with Gasteiger partial charge in [-0.1, -0.05) is 6.07 Å². The van der Waals surface area contributed by atoms with E-state index in [0.29, 0.717) is 12.5 Å². The second-order valence-corrected chi connectivity index (χ2v) is 3.73. The number of aromatic nitrogens is 2. The summed E-state index contributed by atoms with van der Waals surface area (Å²) in [5.41, 5.74) is 6.43. The van der Waals surface area contributed by atoms with Crippen molar-refractivity contribution in [2.24, 2.45) is 0 Å². The van der Waals surface area contributed by atoms with E-state index in [1.807, 2.05) is 18.2 Å². The highest BCUT2D eigenvalue weighted by Crippen LogP contribution is 2.32. The highest BCUT2D eigenvalue weighted by Gasteiger charge is 2.13. The van der Waals surface area contributed by atoms with Gasteiger partial charge < -0.3 is 19.9 Å². The fraction of sp³-hybridized carbons (Fsp3) is 0.167. The molecule has 92 valence electrons. The van der Waals surface area contributed by atoms with Crippen molar-refractivity contribution >= 4 is 5.95 Å². The first kappa shape index (κ1) is 10.6. The zero-order chi connectivity index (χ0) is 12.4. The average molecular weight is 245 g/mol. The molecule has 0 saturated carbocycles. The molecule has 1 aliphatic rings. The van der Waals surface area contributed by atoms with Crippen LogP contribution in [0.5, 0.6) is 17.4 Å². The molecule has 6 nitrogen and oxygen atoms in total. The van der Waals surface area contributed by atoms with Gasteiger partial charge in [-0.3, -0.25) is 0 Å². The van der Waals surface area contributed by atoms with Gasteiger partial charge in [-0.25, -0.2) is 4.98 Å². The van der Waals surface area contributed by atoms with Crippen LogP contribution in [0.4, 0.5) is 5.95 Å². The smallest absolute Gasteiger partial charge is 0.231 e. The number of nitrogens with two attached hydrogens (primary N) is 1. The van der Waals surface area contributed by atoms with Crippen molar-refractivity contribution in [3.8, 4) is 17.4 Å². The number of nitrogens with zero attached hydrogens (tertiary/aromatic N) is 2. The minimum absolute atomic E-state index is 0.193. The van der Waals surface area contributed by atoms with E-state index in [2.05, 4.69) is 9.97 Å². The molecule has 6 heteroatoms. The van der Waals surface area contributed by atoms with Gasteiger partial charge in [-0.15, -0.1) is 0 Å². The van der Waals surface area contributed by atoms with Crippen LogP contribution in [0.3, 0.4) is 0 Å². The van der Waals surface area contributed by atoms with Gasteiger partial charge in [0, 0.05) is 12.3 Å². The number of benzene rings is 1. The van der Waals surface area contributed by atoms with Gasteiger partial charge in [0.15, 0.2) is 11.5 Å². The van der Waals surface area contributed by atoms with Crippen LogP contribution in [0.15, 0.2) is 30.5 Å². The molecule has 0 spiro atoms. The Hall–Kier alpha value is -2.50. The minimum atomic E-state index is 0.193. The first-order chi connectivity index (χ1) is 8.81. The van der Waals surface area contributed by atoms with Gasteiger partial charge in [-0.05, 0) is 17.7 Å². The lowest BCUT2D eigenvalue weighted by Crippen LogP contribution is -2.00. The molecule has 0 fully saturated rings. The Bertz CT molecular complexity index is 574. The minimum Gasteiger partial charge on any atom is -0.473 e. The van der Waals surface area contributed by atoms with Gasteiger partial charge in [0.1, 0.15) is 6.61 Å². The average Bonchev–Trinajstić information content (AvgIpc) is 2.84. The first-order valence-corrected chi connectivity index (χ1v) is 5.41. The van der Waals surface area contributed by atoms with Crippen LogP contribution in [-0.2, 0) is 6.61 Å². The SMILES string of the molecule is Nc1nccc(OCc2ccc3c(c2)OCO3)n1. The highest BCUT2D eigenvalue weighted by molar-refractivity contribution is 5.44. The number of anilines is 1. The van der Waals surface area contributed by atoms with Gasteiger partial charge in [-0.2, -0.15) is 4.98 Å². The van der Waals surface area contributed by atoms with Crippen LogP contribution < -0.4 is 19.9 Å². The zero-order valence-electron chi connectivity index (χ0n) is 9.50. The van der Waals surface area contributed by atoms with E-state index in [9.17, 15) is 0 Å².